The van der Waals surface area contributed by atoms with E-state index in [1.807, 2.05) is 13.8 Å². The lowest BCUT2D eigenvalue weighted by Gasteiger charge is -2.16. The second-order valence-electron chi connectivity index (χ2n) is 3.40. The molecule has 4 nitrogen and oxygen atoms in total. The Bertz CT molecular complexity index is 218. The quantitative estimate of drug-likeness (QED) is 0.648. The van der Waals surface area contributed by atoms with E-state index in [0.29, 0.717) is 13.2 Å². The minimum atomic E-state index is -2.93. The summed E-state index contributed by atoms with van der Waals surface area (Å²) in [5.74, 6) is 0.146. The van der Waals surface area contributed by atoms with Gasteiger partial charge in [0.25, 0.3) is 0 Å². The van der Waals surface area contributed by atoms with Crippen molar-refractivity contribution >= 4 is 9.84 Å². The number of nitrogens with one attached hydrogen (secondary N) is 1. The summed E-state index contributed by atoms with van der Waals surface area (Å²) < 4.78 is 27.4. The third-order valence-electron chi connectivity index (χ3n) is 1.71. The highest BCUT2D eigenvalue weighted by atomic mass is 32.2. The van der Waals surface area contributed by atoms with Crippen LogP contribution in [0.25, 0.3) is 0 Å². The van der Waals surface area contributed by atoms with Crippen molar-refractivity contribution in [3.05, 3.63) is 0 Å². The van der Waals surface area contributed by atoms with Crippen molar-refractivity contribution in [3.63, 3.8) is 0 Å². The summed E-state index contributed by atoms with van der Waals surface area (Å²) in [5, 5.41) is 3.16. The number of ether oxygens (including phenoxy) is 1. The van der Waals surface area contributed by atoms with Crippen LogP contribution >= 0.6 is 0 Å². The van der Waals surface area contributed by atoms with Crippen LogP contribution in [0, 0.1) is 0 Å². The number of rotatable bonds is 8. The van der Waals surface area contributed by atoms with Crippen molar-refractivity contribution in [2.45, 2.75) is 26.3 Å². The Morgan fingerprint density at radius 3 is 2.43 bits per heavy atom. The molecule has 0 aliphatic heterocycles. The van der Waals surface area contributed by atoms with Gasteiger partial charge in [0, 0.05) is 18.9 Å². The Balaban J connectivity index is 3.96. The van der Waals surface area contributed by atoms with Crippen LogP contribution in [-0.4, -0.2) is 46.2 Å². The predicted molar refractivity (Wildman–Crippen MR) is 58.3 cm³/mol. The van der Waals surface area contributed by atoms with E-state index in [9.17, 15) is 8.42 Å². The van der Waals surface area contributed by atoms with Gasteiger partial charge < -0.3 is 10.1 Å². The first-order valence-corrected chi connectivity index (χ1v) is 7.04. The molecule has 0 aliphatic carbocycles. The summed E-state index contributed by atoms with van der Waals surface area (Å²) in [6, 6.07) is -0.0788. The van der Waals surface area contributed by atoms with Crippen LogP contribution in [0.2, 0.25) is 0 Å². The van der Waals surface area contributed by atoms with Crippen LogP contribution in [0.3, 0.4) is 0 Å². The van der Waals surface area contributed by atoms with E-state index in [1.165, 1.54) is 6.26 Å². The molecular formula is C9H21NO3S. The van der Waals surface area contributed by atoms with Crippen molar-refractivity contribution in [2.75, 3.05) is 31.8 Å². The normalized spacial score (nSPS) is 14.2. The standard InChI is InChI=1S/C9H21NO3S/c1-4-6-10-9(7-13-5-2)8-14(3,11)12/h9-10H,4-8H2,1-3H3. The van der Waals surface area contributed by atoms with Gasteiger partial charge >= 0.3 is 0 Å². The molecule has 0 radical (unpaired) electrons. The van der Waals surface area contributed by atoms with Gasteiger partial charge in [0.05, 0.1) is 12.4 Å². The minimum Gasteiger partial charge on any atom is -0.380 e. The first-order chi connectivity index (χ1) is 6.49. The molecule has 86 valence electrons. The first kappa shape index (κ1) is 13.9. The molecule has 1 unspecified atom stereocenters. The summed E-state index contributed by atoms with van der Waals surface area (Å²) in [5.41, 5.74) is 0. The van der Waals surface area contributed by atoms with E-state index in [4.69, 9.17) is 4.74 Å². The zero-order chi connectivity index (χ0) is 11.0. The Kier molecular flexibility index (Phi) is 7.13. The summed E-state index contributed by atoms with van der Waals surface area (Å²) >= 11 is 0. The van der Waals surface area contributed by atoms with Crippen molar-refractivity contribution in [1.82, 2.24) is 5.32 Å². The average Bonchev–Trinajstić information content (AvgIpc) is 2.07. The highest BCUT2D eigenvalue weighted by Crippen LogP contribution is 1.93. The third kappa shape index (κ3) is 8.47. The smallest absolute Gasteiger partial charge is 0.149 e. The topological polar surface area (TPSA) is 55.4 Å². The molecule has 0 aromatic rings. The van der Waals surface area contributed by atoms with E-state index in [-0.39, 0.29) is 11.8 Å². The fourth-order valence-electron chi connectivity index (χ4n) is 1.14. The van der Waals surface area contributed by atoms with Gasteiger partial charge in [0.1, 0.15) is 9.84 Å². The van der Waals surface area contributed by atoms with Crippen LogP contribution in [0.5, 0.6) is 0 Å². The Morgan fingerprint density at radius 2 is 2.00 bits per heavy atom. The van der Waals surface area contributed by atoms with Gasteiger partial charge in [0.15, 0.2) is 0 Å². The molecule has 0 bridgehead atoms. The summed E-state index contributed by atoms with van der Waals surface area (Å²) in [6.07, 6.45) is 2.24. The largest absolute Gasteiger partial charge is 0.380 e. The van der Waals surface area contributed by atoms with E-state index >= 15 is 0 Å². The van der Waals surface area contributed by atoms with Crippen LogP contribution in [0.4, 0.5) is 0 Å². The van der Waals surface area contributed by atoms with Crippen LogP contribution < -0.4 is 5.32 Å². The molecule has 0 aromatic carbocycles. The minimum absolute atomic E-state index is 0.0788. The van der Waals surface area contributed by atoms with Gasteiger partial charge in [-0.05, 0) is 19.9 Å². The lowest BCUT2D eigenvalue weighted by Crippen LogP contribution is -2.39. The van der Waals surface area contributed by atoms with Gasteiger partial charge in [0.2, 0.25) is 0 Å². The van der Waals surface area contributed by atoms with E-state index in [1.54, 1.807) is 0 Å². The SMILES string of the molecule is CCCNC(COCC)CS(C)(=O)=O. The molecule has 1 atom stereocenters. The van der Waals surface area contributed by atoms with Crippen molar-refractivity contribution in [3.8, 4) is 0 Å². The third-order valence-corrected chi connectivity index (χ3v) is 2.72. The number of sulfone groups is 1. The van der Waals surface area contributed by atoms with Crippen molar-refractivity contribution in [1.29, 1.82) is 0 Å². The van der Waals surface area contributed by atoms with E-state index in [0.717, 1.165) is 13.0 Å². The summed E-state index contributed by atoms with van der Waals surface area (Å²) in [6.45, 7) is 5.85. The molecule has 5 heteroatoms. The zero-order valence-electron chi connectivity index (χ0n) is 9.25. The lowest BCUT2D eigenvalue weighted by molar-refractivity contribution is 0.128. The highest BCUT2D eigenvalue weighted by Gasteiger charge is 2.14. The highest BCUT2D eigenvalue weighted by molar-refractivity contribution is 7.90. The molecule has 0 heterocycles. The first-order valence-electron chi connectivity index (χ1n) is 4.98. The fraction of sp³-hybridized carbons (Fsp3) is 1.00. The van der Waals surface area contributed by atoms with Crippen molar-refractivity contribution in [2.24, 2.45) is 0 Å². The second-order valence-corrected chi connectivity index (χ2v) is 5.59. The summed E-state index contributed by atoms with van der Waals surface area (Å²) in [7, 11) is -2.93. The molecule has 14 heavy (non-hydrogen) atoms. The Labute approximate surface area is 86.9 Å². The second kappa shape index (κ2) is 7.20. The fourth-order valence-corrected chi connectivity index (χ4v) is 2.08. The Morgan fingerprint density at radius 1 is 1.36 bits per heavy atom. The molecule has 0 spiro atoms. The number of hydrogen-bond acceptors (Lipinski definition) is 4. The van der Waals surface area contributed by atoms with Gasteiger partial charge in [-0.3, -0.25) is 0 Å². The maximum absolute atomic E-state index is 11.1. The predicted octanol–water partition coefficient (Wildman–Crippen LogP) is 0.436. The zero-order valence-corrected chi connectivity index (χ0v) is 10.1. The van der Waals surface area contributed by atoms with Gasteiger partial charge in [-0.15, -0.1) is 0 Å². The number of hydrogen-bond donors (Lipinski definition) is 1. The molecule has 0 fully saturated rings. The lowest BCUT2D eigenvalue weighted by atomic mass is 10.3. The van der Waals surface area contributed by atoms with E-state index < -0.39 is 9.84 Å². The van der Waals surface area contributed by atoms with Crippen LogP contribution in [0.1, 0.15) is 20.3 Å². The van der Waals surface area contributed by atoms with Crippen LogP contribution in [-0.2, 0) is 14.6 Å². The molecule has 0 aromatic heterocycles. The molecule has 0 amide bonds. The monoisotopic (exact) mass is 223 g/mol. The maximum atomic E-state index is 11.1. The van der Waals surface area contributed by atoms with E-state index in [2.05, 4.69) is 5.32 Å². The molecule has 0 aliphatic rings. The van der Waals surface area contributed by atoms with Gasteiger partial charge in [-0.1, -0.05) is 6.92 Å². The van der Waals surface area contributed by atoms with Crippen molar-refractivity contribution < 1.29 is 13.2 Å². The molecule has 0 saturated carbocycles. The molecule has 0 rings (SSSR count). The van der Waals surface area contributed by atoms with Crippen LogP contribution in [0.15, 0.2) is 0 Å². The van der Waals surface area contributed by atoms with Gasteiger partial charge in [-0.2, -0.15) is 0 Å². The van der Waals surface area contributed by atoms with Gasteiger partial charge in [-0.25, -0.2) is 8.42 Å². The molecule has 0 saturated heterocycles. The molecule has 1 N–H and O–H groups in total. The summed E-state index contributed by atoms with van der Waals surface area (Å²) in [4.78, 5) is 0. The molecular weight excluding hydrogens is 202 g/mol. The Hall–Kier alpha value is -0.130. The average molecular weight is 223 g/mol. The maximum Gasteiger partial charge on any atom is 0.149 e.